The van der Waals surface area contributed by atoms with Gasteiger partial charge in [-0.1, -0.05) is 6.07 Å². The number of hydrogen-bond donors (Lipinski definition) is 3. The summed E-state index contributed by atoms with van der Waals surface area (Å²) in [6.45, 7) is 2.70. The number of rotatable bonds is 3. The van der Waals surface area contributed by atoms with Gasteiger partial charge in [0.25, 0.3) is 0 Å². The molecule has 1 aromatic carbocycles. The Hall–Kier alpha value is -2.40. The molecule has 3 aromatic rings. The first-order valence-electron chi connectivity index (χ1n) is 8.05. The van der Waals surface area contributed by atoms with Gasteiger partial charge in [0.1, 0.15) is 5.82 Å². The van der Waals surface area contributed by atoms with Crippen LogP contribution in [0.2, 0.25) is 0 Å². The van der Waals surface area contributed by atoms with Gasteiger partial charge in [0.2, 0.25) is 0 Å². The largest absolute Gasteiger partial charge is 0.387 e. The first-order valence-corrected chi connectivity index (χ1v) is 8.05. The Morgan fingerprint density at radius 3 is 3.17 bits per heavy atom. The zero-order chi connectivity index (χ0) is 15.8. The van der Waals surface area contributed by atoms with Crippen LogP contribution in [0.3, 0.4) is 0 Å². The molecule has 0 amide bonds. The Balaban J connectivity index is 1.57. The average Bonchev–Trinajstić information content (AvgIpc) is 2.95. The molecule has 3 N–H and O–H groups in total. The van der Waals surface area contributed by atoms with Crippen molar-refractivity contribution in [3.63, 3.8) is 0 Å². The number of H-pyrrole nitrogens is 1. The molecule has 1 atom stereocenters. The summed E-state index contributed by atoms with van der Waals surface area (Å²) in [7, 11) is 0. The highest BCUT2D eigenvalue weighted by atomic mass is 16.3. The van der Waals surface area contributed by atoms with Crippen molar-refractivity contribution in [3.8, 4) is 0 Å². The van der Waals surface area contributed by atoms with Crippen LogP contribution in [0.4, 0.5) is 5.69 Å². The topological polar surface area (TPSA) is 73.8 Å². The number of nitrogens with one attached hydrogen (secondary N) is 2. The van der Waals surface area contributed by atoms with E-state index >= 15 is 0 Å². The Bertz CT molecular complexity index is 855. The lowest BCUT2D eigenvalue weighted by atomic mass is 9.92. The molecule has 23 heavy (non-hydrogen) atoms. The van der Waals surface area contributed by atoms with Gasteiger partial charge in [-0.25, -0.2) is 4.98 Å². The van der Waals surface area contributed by atoms with E-state index in [-0.39, 0.29) is 0 Å². The van der Waals surface area contributed by atoms with E-state index in [1.54, 1.807) is 6.20 Å². The fourth-order valence-corrected chi connectivity index (χ4v) is 3.27. The highest BCUT2D eigenvalue weighted by Crippen LogP contribution is 2.32. The van der Waals surface area contributed by atoms with E-state index in [0.717, 1.165) is 53.1 Å². The van der Waals surface area contributed by atoms with Crippen LogP contribution in [0.1, 0.15) is 41.6 Å². The molecule has 0 aliphatic heterocycles. The summed E-state index contributed by atoms with van der Waals surface area (Å²) >= 11 is 0. The highest BCUT2D eigenvalue weighted by molar-refractivity contribution is 5.75. The molecule has 0 saturated heterocycles. The number of aliphatic hydroxyl groups excluding tert-OH is 1. The molecule has 0 radical (unpaired) electrons. The number of aromatic nitrogens is 3. The third-order valence-electron chi connectivity index (χ3n) is 4.44. The fraction of sp³-hybridized carbons (Fsp3) is 0.333. The Morgan fingerprint density at radius 1 is 1.35 bits per heavy atom. The van der Waals surface area contributed by atoms with Crippen molar-refractivity contribution >= 4 is 16.7 Å². The third-order valence-corrected chi connectivity index (χ3v) is 4.44. The molecular weight excluding hydrogens is 288 g/mol. The number of nitrogens with zero attached hydrogens (tertiary/aromatic N) is 2. The quantitative estimate of drug-likeness (QED) is 0.694. The van der Waals surface area contributed by atoms with Gasteiger partial charge < -0.3 is 15.4 Å². The van der Waals surface area contributed by atoms with Crippen LogP contribution in [-0.2, 0) is 13.0 Å². The molecule has 2 aromatic heterocycles. The van der Waals surface area contributed by atoms with Gasteiger partial charge in [0.05, 0.1) is 29.4 Å². The van der Waals surface area contributed by atoms with Crippen LogP contribution in [0, 0.1) is 6.92 Å². The maximum Gasteiger partial charge on any atom is 0.126 e. The van der Waals surface area contributed by atoms with Gasteiger partial charge in [-0.3, -0.25) is 4.98 Å². The molecule has 0 bridgehead atoms. The molecule has 0 fully saturated rings. The van der Waals surface area contributed by atoms with Crippen LogP contribution in [0.15, 0.2) is 30.5 Å². The molecule has 5 heteroatoms. The minimum absolute atomic E-state index is 0.435. The normalized spacial score (nSPS) is 17.2. The molecule has 2 heterocycles. The van der Waals surface area contributed by atoms with Crippen molar-refractivity contribution < 1.29 is 5.11 Å². The van der Waals surface area contributed by atoms with Crippen molar-refractivity contribution in [2.24, 2.45) is 0 Å². The fourth-order valence-electron chi connectivity index (χ4n) is 3.27. The summed E-state index contributed by atoms with van der Waals surface area (Å²) in [6.07, 6.45) is 4.08. The number of pyridine rings is 1. The van der Waals surface area contributed by atoms with Gasteiger partial charge in [0, 0.05) is 11.9 Å². The molecule has 5 nitrogen and oxygen atoms in total. The summed E-state index contributed by atoms with van der Waals surface area (Å²) in [4.78, 5) is 12.3. The summed E-state index contributed by atoms with van der Waals surface area (Å²) < 4.78 is 0. The Labute approximate surface area is 134 Å². The number of aryl methyl sites for hydroxylation is 1. The van der Waals surface area contributed by atoms with Gasteiger partial charge in [-0.2, -0.15) is 0 Å². The van der Waals surface area contributed by atoms with Crippen molar-refractivity contribution in [2.75, 3.05) is 5.32 Å². The molecule has 1 aliphatic rings. The molecule has 1 unspecified atom stereocenters. The maximum atomic E-state index is 10.1. The van der Waals surface area contributed by atoms with E-state index in [1.807, 2.05) is 12.1 Å². The van der Waals surface area contributed by atoms with Crippen molar-refractivity contribution in [3.05, 3.63) is 53.1 Å². The van der Waals surface area contributed by atoms with E-state index < -0.39 is 6.10 Å². The standard InChI is InChI=1S/C18H20N4O/c1-11-5-6-14-15(9-11)22-17(21-14)10-20-13-7-8-19-18-12(13)3-2-4-16(18)23/h5-9,16,23H,2-4,10H2,1H3,(H,19,20)(H,21,22). The number of aromatic amines is 1. The first-order chi connectivity index (χ1) is 11.2. The summed E-state index contributed by atoms with van der Waals surface area (Å²) in [5.41, 5.74) is 6.27. The maximum absolute atomic E-state index is 10.1. The molecule has 1 aliphatic carbocycles. The van der Waals surface area contributed by atoms with Gasteiger partial charge >= 0.3 is 0 Å². The predicted octanol–water partition coefficient (Wildman–Crippen LogP) is 3.25. The van der Waals surface area contributed by atoms with Crippen LogP contribution >= 0.6 is 0 Å². The zero-order valence-electron chi connectivity index (χ0n) is 13.1. The van der Waals surface area contributed by atoms with E-state index in [0.29, 0.717) is 6.54 Å². The van der Waals surface area contributed by atoms with Gasteiger partial charge in [-0.15, -0.1) is 0 Å². The van der Waals surface area contributed by atoms with Crippen LogP contribution < -0.4 is 5.32 Å². The lowest BCUT2D eigenvalue weighted by molar-refractivity contribution is 0.151. The SMILES string of the molecule is Cc1ccc2nc(CNc3ccnc4c3CCCC4O)[nH]c2c1. The van der Waals surface area contributed by atoms with E-state index in [2.05, 4.69) is 39.3 Å². The number of anilines is 1. The molecule has 4 rings (SSSR count). The van der Waals surface area contributed by atoms with Crippen molar-refractivity contribution in [2.45, 2.75) is 38.8 Å². The predicted molar refractivity (Wildman–Crippen MR) is 90.3 cm³/mol. The second-order valence-corrected chi connectivity index (χ2v) is 6.19. The van der Waals surface area contributed by atoms with Crippen LogP contribution in [0.25, 0.3) is 11.0 Å². The lowest BCUT2D eigenvalue weighted by Crippen LogP contribution is -2.14. The molecular formula is C18H20N4O. The van der Waals surface area contributed by atoms with Crippen LogP contribution in [0.5, 0.6) is 0 Å². The molecule has 0 spiro atoms. The van der Waals surface area contributed by atoms with Crippen LogP contribution in [-0.4, -0.2) is 20.1 Å². The smallest absolute Gasteiger partial charge is 0.126 e. The number of fused-ring (bicyclic) bond motifs is 2. The lowest BCUT2D eigenvalue weighted by Gasteiger charge is -2.22. The molecule has 0 saturated carbocycles. The minimum atomic E-state index is -0.435. The van der Waals surface area contributed by atoms with E-state index in [1.165, 1.54) is 5.56 Å². The highest BCUT2D eigenvalue weighted by Gasteiger charge is 2.21. The summed E-state index contributed by atoms with van der Waals surface area (Å²) in [6, 6.07) is 8.19. The Morgan fingerprint density at radius 2 is 2.26 bits per heavy atom. The summed E-state index contributed by atoms with van der Waals surface area (Å²) in [5, 5.41) is 13.5. The molecule has 118 valence electrons. The van der Waals surface area contributed by atoms with Crippen molar-refractivity contribution in [1.29, 1.82) is 0 Å². The Kier molecular flexibility index (Phi) is 3.50. The number of aliphatic hydroxyl groups is 1. The first kappa shape index (κ1) is 14.2. The third kappa shape index (κ3) is 2.68. The minimum Gasteiger partial charge on any atom is -0.387 e. The second-order valence-electron chi connectivity index (χ2n) is 6.19. The zero-order valence-corrected chi connectivity index (χ0v) is 13.1. The van der Waals surface area contributed by atoms with Gasteiger partial charge in [-0.05, 0) is 55.5 Å². The van der Waals surface area contributed by atoms with Gasteiger partial charge in [0.15, 0.2) is 0 Å². The van der Waals surface area contributed by atoms with E-state index in [9.17, 15) is 5.11 Å². The number of imidazole rings is 1. The monoisotopic (exact) mass is 308 g/mol. The summed E-state index contributed by atoms with van der Waals surface area (Å²) in [5.74, 6) is 0.910. The second kappa shape index (κ2) is 5.66. The van der Waals surface area contributed by atoms with Crippen molar-refractivity contribution in [1.82, 2.24) is 15.0 Å². The number of hydrogen-bond acceptors (Lipinski definition) is 4. The number of benzene rings is 1. The average molecular weight is 308 g/mol. The van der Waals surface area contributed by atoms with E-state index in [4.69, 9.17) is 0 Å².